The summed E-state index contributed by atoms with van der Waals surface area (Å²) in [6, 6.07) is 9.96. The van der Waals surface area contributed by atoms with Gasteiger partial charge in [0.15, 0.2) is 10.2 Å². The summed E-state index contributed by atoms with van der Waals surface area (Å²) in [6.45, 7) is 3.62. The van der Waals surface area contributed by atoms with Gasteiger partial charge in [-0.25, -0.2) is 22.7 Å². The fraction of sp³-hybridized carbons (Fsp3) is 0.273. The number of rotatable bonds is 6. The molecule has 0 aliphatic heterocycles. The molecule has 32 heavy (non-hydrogen) atoms. The number of nitrogens with one attached hydrogen (secondary N) is 1. The first kappa shape index (κ1) is 23.3. The fourth-order valence-electron chi connectivity index (χ4n) is 3.14. The Bertz CT molecular complexity index is 1350. The van der Waals surface area contributed by atoms with Gasteiger partial charge in [-0.1, -0.05) is 24.3 Å². The van der Waals surface area contributed by atoms with Crippen LogP contribution < -0.4 is 15.1 Å². The maximum Gasteiger partial charge on any atom is 0.414 e. The second-order valence-corrected chi connectivity index (χ2v) is 9.03. The molecule has 3 rings (SSSR count). The van der Waals surface area contributed by atoms with Gasteiger partial charge in [-0.2, -0.15) is 0 Å². The first-order valence-electron chi connectivity index (χ1n) is 9.72. The van der Waals surface area contributed by atoms with Crippen molar-refractivity contribution in [3.8, 4) is 5.75 Å². The largest absolute Gasteiger partial charge is 0.564 e. The van der Waals surface area contributed by atoms with Gasteiger partial charge < -0.3 is 18.8 Å². The van der Waals surface area contributed by atoms with Crippen molar-refractivity contribution >= 4 is 33.0 Å². The number of nitrogens with zero attached hydrogens (tertiary/aromatic N) is 2. The Morgan fingerprint density at radius 1 is 1.19 bits per heavy atom. The quantitative estimate of drug-likeness (QED) is 0.564. The third kappa shape index (κ3) is 5.09. The zero-order valence-electron chi connectivity index (χ0n) is 18.4. The van der Waals surface area contributed by atoms with Crippen LogP contribution in [0.4, 0.5) is 10.5 Å². The molecule has 0 fully saturated rings. The molecule has 9 nitrogen and oxygen atoms in total. The van der Waals surface area contributed by atoms with Gasteiger partial charge in [-0.15, -0.1) is 5.69 Å². The van der Waals surface area contributed by atoms with Crippen molar-refractivity contribution in [2.75, 3.05) is 21.1 Å². The summed E-state index contributed by atoms with van der Waals surface area (Å²) in [4.78, 5) is 25.9. The van der Waals surface area contributed by atoms with Crippen LogP contribution in [0.15, 0.2) is 45.6 Å². The van der Waals surface area contributed by atoms with E-state index in [1.54, 1.807) is 51.4 Å². The van der Waals surface area contributed by atoms with E-state index in [0.717, 1.165) is 10.9 Å². The van der Waals surface area contributed by atoms with Gasteiger partial charge in [0.05, 0.1) is 0 Å². The van der Waals surface area contributed by atoms with Gasteiger partial charge in [-0.05, 0) is 43.7 Å². The Morgan fingerprint density at radius 3 is 2.56 bits per heavy atom. The number of amides is 1. The van der Waals surface area contributed by atoms with Crippen molar-refractivity contribution in [2.24, 2.45) is 0 Å². The van der Waals surface area contributed by atoms with E-state index in [1.165, 1.54) is 18.0 Å². The number of aryl methyl sites for hydroxylation is 2. The lowest BCUT2D eigenvalue weighted by atomic mass is 9.98. The van der Waals surface area contributed by atoms with Crippen molar-refractivity contribution < 1.29 is 22.4 Å². The topological polar surface area (TPSA) is 120 Å². The van der Waals surface area contributed by atoms with E-state index in [9.17, 15) is 18.0 Å². The lowest BCUT2D eigenvalue weighted by Gasteiger charge is -2.21. The number of benzene rings is 2. The second kappa shape index (κ2) is 9.01. The van der Waals surface area contributed by atoms with Crippen molar-refractivity contribution in [2.45, 2.75) is 20.3 Å². The van der Waals surface area contributed by atoms with Crippen LogP contribution in [0.2, 0.25) is 0 Å². The Balaban J connectivity index is 1.98. The highest BCUT2D eigenvalue weighted by Gasteiger charge is 2.16. The molecule has 0 radical (unpaired) electrons. The Morgan fingerprint density at radius 2 is 1.91 bits per heavy atom. The lowest BCUT2D eigenvalue weighted by molar-refractivity contribution is 0.171. The van der Waals surface area contributed by atoms with Gasteiger partial charge in [-0.3, -0.25) is 0 Å². The van der Waals surface area contributed by atoms with Gasteiger partial charge in [0.2, 0.25) is 0 Å². The van der Waals surface area contributed by atoms with E-state index in [4.69, 9.17) is 9.15 Å². The highest BCUT2D eigenvalue weighted by Crippen LogP contribution is 2.30. The molecule has 0 saturated carbocycles. The SMILES string of the molecule is CNS(=O)(=O)[N-]c1cccc(Cc2c(C)c3cc(C)c(OC(=O)N(C)C)cc3oc2=O)c1. The molecular weight excluding hydrogens is 434 g/mol. The molecule has 0 aliphatic carbocycles. The molecule has 0 unspecified atom stereocenters. The Hall–Kier alpha value is -3.37. The first-order valence-corrected chi connectivity index (χ1v) is 11.2. The van der Waals surface area contributed by atoms with Crippen LogP contribution >= 0.6 is 0 Å². The van der Waals surface area contributed by atoms with E-state index < -0.39 is 21.9 Å². The van der Waals surface area contributed by atoms with Crippen molar-refractivity contribution in [1.82, 2.24) is 9.62 Å². The van der Waals surface area contributed by atoms with E-state index in [-0.39, 0.29) is 12.1 Å². The van der Waals surface area contributed by atoms with Crippen molar-refractivity contribution in [1.29, 1.82) is 0 Å². The summed E-state index contributed by atoms with van der Waals surface area (Å²) in [5.74, 6) is 0.312. The average molecular weight is 459 g/mol. The van der Waals surface area contributed by atoms with E-state index >= 15 is 0 Å². The molecule has 0 aliphatic rings. The van der Waals surface area contributed by atoms with Crippen molar-refractivity contribution in [3.63, 3.8) is 0 Å². The molecule has 0 bridgehead atoms. The predicted molar refractivity (Wildman–Crippen MR) is 122 cm³/mol. The third-order valence-corrected chi connectivity index (χ3v) is 5.89. The summed E-state index contributed by atoms with van der Waals surface area (Å²) < 4.78 is 40.0. The zero-order valence-corrected chi connectivity index (χ0v) is 19.2. The number of hydrogen-bond donors (Lipinski definition) is 1. The Kier molecular flexibility index (Phi) is 6.56. The molecular formula is C22H24N3O6S-. The predicted octanol–water partition coefficient (Wildman–Crippen LogP) is 3.53. The van der Waals surface area contributed by atoms with Crippen LogP contribution in [0.1, 0.15) is 22.3 Å². The van der Waals surface area contributed by atoms with Crippen LogP contribution in [0.3, 0.4) is 0 Å². The minimum Gasteiger partial charge on any atom is -0.564 e. The van der Waals surface area contributed by atoms with Gasteiger partial charge in [0.25, 0.3) is 0 Å². The van der Waals surface area contributed by atoms with Gasteiger partial charge in [0.1, 0.15) is 11.3 Å². The van der Waals surface area contributed by atoms with Gasteiger partial charge in [0, 0.05) is 37.5 Å². The highest BCUT2D eigenvalue weighted by molar-refractivity contribution is 7.92. The maximum atomic E-state index is 12.7. The number of hydrogen-bond acceptors (Lipinski definition) is 6. The van der Waals surface area contributed by atoms with Crippen LogP contribution in [0.25, 0.3) is 15.7 Å². The number of carbonyl (C=O) groups excluding carboxylic acids is 1. The minimum absolute atomic E-state index is 0.240. The molecule has 10 heteroatoms. The summed E-state index contributed by atoms with van der Waals surface area (Å²) in [7, 11) is 0.655. The molecule has 3 aromatic rings. The average Bonchev–Trinajstić information content (AvgIpc) is 2.72. The smallest absolute Gasteiger partial charge is 0.414 e. The fourth-order valence-corrected chi connectivity index (χ4v) is 3.62. The van der Waals surface area contributed by atoms with E-state index in [1.807, 2.05) is 6.92 Å². The normalized spacial score (nSPS) is 11.4. The van der Waals surface area contributed by atoms with Crippen LogP contribution in [0, 0.1) is 13.8 Å². The zero-order chi connectivity index (χ0) is 23.6. The summed E-state index contributed by atoms with van der Waals surface area (Å²) in [5, 5.41) is 0.723. The summed E-state index contributed by atoms with van der Waals surface area (Å²) in [5.41, 5.74) is 2.65. The van der Waals surface area contributed by atoms with Crippen molar-refractivity contribution in [3.05, 3.63) is 73.8 Å². The molecule has 0 saturated heterocycles. The molecule has 170 valence electrons. The minimum atomic E-state index is -3.77. The standard InChI is InChI=1S/C22H24N3O6S/c1-13-9-17-14(2)18(11-15-7-6-8-16(10-15)24-32(28,29)23-3)21(26)30-20(17)12-19(13)31-22(27)25(4)5/h6-10,12,23H,11H2,1-5H3/q-1. The number of ether oxygens (including phenoxy) is 1. The highest BCUT2D eigenvalue weighted by atomic mass is 32.2. The maximum absolute atomic E-state index is 12.7. The van der Waals surface area contributed by atoms with Crippen LogP contribution in [0.5, 0.6) is 5.75 Å². The second-order valence-electron chi connectivity index (χ2n) is 7.49. The summed E-state index contributed by atoms with van der Waals surface area (Å²) >= 11 is 0. The lowest BCUT2D eigenvalue weighted by Crippen LogP contribution is -2.25. The molecule has 1 heterocycles. The summed E-state index contributed by atoms with van der Waals surface area (Å²) in [6.07, 6.45) is -0.294. The van der Waals surface area contributed by atoms with Crippen LogP contribution in [-0.2, 0) is 16.6 Å². The number of carbonyl (C=O) groups is 1. The first-order chi connectivity index (χ1) is 15.0. The molecule has 0 atom stereocenters. The molecule has 1 aromatic heterocycles. The Labute approximate surface area is 186 Å². The molecule has 0 spiro atoms. The van der Waals surface area contributed by atoms with Gasteiger partial charge >= 0.3 is 11.7 Å². The van der Waals surface area contributed by atoms with E-state index in [2.05, 4.69) is 9.44 Å². The van der Waals surface area contributed by atoms with E-state index in [0.29, 0.717) is 28.0 Å². The van der Waals surface area contributed by atoms with Crippen LogP contribution in [-0.4, -0.2) is 40.6 Å². The molecule has 1 N–H and O–H groups in total. The molecule has 2 aromatic carbocycles. The molecule has 1 amide bonds. The third-order valence-electron chi connectivity index (χ3n) is 4.92. The monoisotopic (exact) mass is 458 g/mol. The number of fused-ring (bicyclic) bond motifs is 1.